The van der Waals surface area contributed by atoms with Crippen molar-refractivity contribution in [1.29, 1.82) is 0 Å². The number of benzene rings is 1. The second-order valence-corrected chi connectivity index (χ2v) is 16.7. The summed E-state index contributed by atoms with van der Waals surface area (Å²) in [6.45, 7) is 17.6. The van der Waals surface area contributed by atoms with Crippen molar-refractivity contribution in [3.05, 3.63) is 47.5 Å². The third kappa shape index (κ3) is 3.85. The molecule has 0 saturated heterocycles. The summed E-state index contributed by atoms with van der Waals surface area (Å²) in [7, 11) is 0. The fourth-order valence-corrected chi connectivity index (χ4v) is 11.6. The van der Waals surface area contributed by atoms with E-state index < -0.39 is 5.41 Å². The van der Waals surface area contributed by atoms with Gasteiger partial charge in [-0.3, -0.25) is 0 Å². The van der Waals surface area contributed by atoms with Crippen LogP contribution in [-0.4, -0.2) is 23.6 Å². The van der Waals surface area contributed by atoms with E-state index in [2.05, 4.69) is 78.8 Å². The number of rotatable bonds is 4. The van der Waals surface area contributed by atoms with Gasteiger partial charge in [-0.1, -0.05) is 90.4 Å². The van der Waals surface area contributed by atoms with Crippen LogP contribution in [0.5, 0.6) is 0 Å². The third-order valence-corrected chi connectivity index (χ3v) is 14.3. The maximum absolute atomic E-state index is 13.0. The number of aliphatic hydroxyl groups is 1. The first kappa shape index (κ1) is 28.7. The Morgan fingerprint density at radius 1 is 0.875 bits per heavy atom. The van der Waals surface area contributed by atoms with Crippen LogP contribution in [-0.2, 0) is 16.1 Å². The lowest BCUT2D eigenvalue weighted by atomic mass is 9.33. The molecule has 1 N–H and O–H groups in total. The Morgan fingerprint density at radius 3 is 2.30 bits per heavy atom. The monoisotopic (exact) mass is 546 g/mol. The molecular weight excluding hydrogens is 492 g/mol. The lowest BCUT2D eigenvalue weighted by Crippen LogP contribution is -2.66. The largest absolute Gasteiger partial charge is 0.393 e. The first-order valence-electron chi connectivity index (χ1n) is 16.2. The van der Waals surface area contributed by atoms with Gasteiger partial charge < -0.3 is 14.6 Å². The molecule has 3 heteroatoms. The van der Waals surface area contributed by atoms with Crippen LogP contribution in [0.1, 0.15) is 112 Å². The molecular formula is C37H54O3. The van der Waals surface area contributed by atoms with E-state index >= 15 is 0 Å². The van der Waals surface area contributed by atoms with Crippen molar-refractivity contribution in [3.8, 4) is 0 Å². The zero-order valence-corrected chi connectivity index (χ0v) is 26.3. The quantitative estimate of drug-likeness (QED) is 0.304. The SMILES string of the molecule is CC1(C)C[C@@H](O)[C@]2(C)CC[C@]3(C)C(=CC[C@@H]4[C@@]5(C)CC[C@H](OCc6ccccc6)[C@](C)(C=O)C5CC[C@]43C)[C@@H]2C1. The number of aldehydes is 1. The number of carbonyl (C=O) groups excluding carboxylic acids is 1. The van der Waals surface area contributed by atoms with Crippen molar-refractivity contribution < 1.29 is 14.6 Å². The Morgan fingerprint density at radius 2 is 1.60 bits per heavy atom. The molecule has 40 heavy (non-hydrogen) atoms. The number of hydrogen-bond acceptors (Lipinski definition) is 3. The van der Waals surface area contributed by atoms with Gasteiger partial charge in [-0.2, -0.15) is 0 Å². The Hall–Kier alpha value is -1.45. The smallest absolute Gasteiger partial charge is 0.128 e. The first-order valence-corrected chi connectivity index (χ1v) is 16.2. The number of aliphatic hydroxyl groups excluding tert-OH is 1. The predicted octanol–water partition coefficient (Wildman–Crippen LogP) is 8.54. The van der Waals surface area contributed by atoms with E-state index in [1.165, 1.54) is 31.1 Å². The molecule has 0 aliphatic heterocycles. The van der Waals surface area contributed by atoms with Crippen molar-refractivity contribution in [1.82, 2.24) is 0 Å². The van der Waals surface area contributed by atoms with Crippen molar-refractivity contribution in [3.63, 3.8) is 0 Å². The van der Waals surface area contributed by atoms with Crippen LogP contribution < -0.4 is 0 Å². The van der Waals surface area contributed by atoms with Gasteiger partial charge in [-0.05, 0) is 103 Å². The van der Waals surface area contributed by atoms with Crippen molar-refractivity contribution in [2.75, 3.05) is 0 Å². The van der Waals surface area contributed by atoms with E-state index in [1.807, 2.05) is 6.07 Å². The summed E-state index contributed by atoms with van der Waals surface area (Å²) in [5.41, 5.74) is 3.04. The van der Waals surface area contributed by atoms with Crippen LogP contribution in [0, 0.1) is 50.2 Å². The second kappa shape index (κ2) is 9.27. The molecule has 5 aliphatic rings. The van der Waals surface area contributed by atoms with Crippen molar-refractivity contribution >= 4 is 6.29 Å². The summed E-state index contributed by atoms with van der Waals surface area (Å²) in [5, 5.41) is 11.4. The van der Waals surface area contributed by atoms with Gasteiger partial charge in [0.05, 0.1) is 24.2 Å². The van der Waals surface area contributed by atoms with Crippen molar-refractivity contribution in [2.24, 2.45) is 50.2 Å². The molecule has 4 fully saturated rings. The second-order valence-electron chi connectivity index (χ2n) is 16.7. The third-order valence-electron chi connectivity index (χ3n) is 14.3. The fraction of sp³-hybridized carbons (Fsp3) is 0.757. The zero-order chi connectivity index (χ0) is 28.8. The first-order chi connectivity index (χ1) is 18.7. The summed E-state index contributed by atoms with van der Waals surface area (Å²) in [4.78, 5) is 13.0. The topological polar surface area (TPSA) is 46.5 Å². The van der Waals surface area contributed by atoms with Crippen LogP contribution in [0.4, 0.5) is 0 Å². The fourth-order valence-electron chi connectivity index (χ4n) is 11.6. The lowest BCUT2D eigenvalue weighted by molar-refractivity contribution is -0.214. The molecule has 0 aromatic heterocycles. The summed E-state index contributed by atoms with van der Waals surface area (Å²) >= 11 is 0. The number of carbonyl (C=O) groups is 1. The maximum atomic E-state index is 13.0. The normalized spacial score (nSPS) is 49.5. The van der Waals surface area contributed by atoms with Gasteiger partial charge in [0.2, 0.25) is 0 Å². The van der Waals surface area contributed by atoms with Gasteiger partial charge in [0.25, 0.3) is 0 Å². The molecule has 1 aromatic rings. The number of ether oxygens (including phenoxy) is 1. The highest BCUT2D eigenvalue weighted by atomic mass is 16.5. The average Bonchev–Trinajstić information content (AvgIpc) is 2.90. The summed E-state index contributed by atoms with van der Waals surface area (Å²) in [6, 6.07) is 10.4. The van der Waals surface area contributed by atoms with Gasteiger partial charge >= 0.3 is 0 Å². The van der Waals surface area contributed by atoms with Gasteiger partial charge in [0.1, 0.15) is 6.29 Å². The Labute approximate surface area is 243 Å². The highest BCUT2D eigenvalue weighted by molar-refractivity contribution is 5.61. The van der Waals surface area contributed by atoms with E-state index in [-0.39, 0.29) is 39.3 Å². The van der Waals surface area contributed by atoms with Gasteiger partial charge in [0.15, 0.2) is 0 Å². The van der Waals surface area contributed by atoms with E-state index in [0.717, 1.165) is 38.5 Å². The van der Waals surface area contributed by atoms with E-state index in [0.29, 0.717) is 24.4 Å². The standard InChI is InChI=1S/C37H54O3/c1-32(2)21-27-26-13-14-29-34(4)17-16-31(40-23-25-11-9-8-10-12-25)35(5,24-38)28(34)15-18-37(29,7)36(26,6)20-19-33(27,3)30(39)22-32/h8-13,24,27-31,39H,14-23H2,1-7H3/t27-,28?,29+,30+,31-,33+,34-,35+,36+,37+/m0/s1. The Kier molecular flexibility index (Phi) is 6.64. The molecule has 10 atom stereocenters. The molecule has 6 rings (SSSR count). The molecule has 220 valence electrons. The van der Waals surface area contributed by atoms with Gasteiger partial charge in [0, 0.05) is 5.41 Å². The number of hydrogen-bond donors (Lipinski definition) is 1. The van der Waals surface area contributed by atoms with E-state index in [4.69, 9.17) is 4.74 Å². The Bertz CT molecular complexity index is 1170. The van der Waals surface area contributed by atoms with Gasteiger partial charge in [-0.25, -0.2) is 0 Å². The van der Waals surface area contributed by atoms with Crippen molar-refractivity contribution in [2.45, 2.75) is 125 Å². The lowest BCUT2D eigenvalue weighted by Gasteiger charge is -2.71. The molecule has 3 nitrogen and oxygen atoms in total. The maximum Gasteiger partial charge on any atom is 0.128 e. The molecule has 0 spiro atoms. The van der Waals surface area contributed by atoms with Crippen LogP contribution >= 0.6 is 0 Å². The van der Waals surface area contributed by atoms with Crippen LogP contribution in [0.15, 0.2) is 42.0 Å². The number of allylic oxidation sites excluding steroid dienone is 2. The average molecular weight is 547 g/mol. The molecule has 0 bridgehead atoms. The molecule has 4 saturated carbocycles. The zero-order valence-electron chi connectivity index (χ0n) is 26.3. The molecule has 0 heterocycles. The highest BCUT2D eigenvalue weighted by Crippen LogP contribution is 2.75. The predicted molar refractivity (Wildman–Crippen MR) is 162 cm³/mol. The van der Waals surface area contributed by atoms with Gasteiger partial charge in [-0.15, -0.1) is 0 Å². The number of fused-ring (bicyclic) bond motifs is 7. The minimum atomic E-state index is -0.462. The molecule has 1 unspecified atom stereocenters. The van der Waals surface area contributed by atoms with Crippen LogP contribution in [0.2, 0.25) is 0 Å². The van der Waals surface area contributed by atoms with E-state index in [9.17, 15) is 9.90 Å². The van der Waals surface area contributed by atoms with Crippen LogP contribution in [0.25, 0.3) is 0 Å². The van der Waals surface area contributed by atoms with E-state index in [1.54, 1.807) is 5.57 Å². The molecule has 1 aromatic carbocycles. The summed E-state index contributed by atoms with van der Waals surface area (Å²) in [6.07, 6.45) is 13.6. The molecule has 0 radical (unpaired) electrons. The summed E-state index contributed by atoms with van der Waals surface area (Å²) in [5.74, 6) is 1.37. The van der Waals surface area contributed by atoms with Crippen LogP contribution in [0.3, 0.4) is 0 Å². The minimum absolute atomic E-state index is 0.00456. The Balaban J connectivity index is 1.32. The highest BCUT2D eigenvalue weighted by Gasteiger charge is 2.69. The summed E-state index contributed by atoms with van der Waals surface area (Å²) < 4.78 is 6.57. The molecule has 0 amide bonds. The minimum Gasteiger partial charge on any atom is -0.393 e. The molecule has 5 aliphatic carbocycles.